The second kappa shape index (κ2) is 9.39. The van der Waals surface area contributed by atoms with Gasteiger partial charge < -0.3 is 11.1 Å². The van der Waals surface area contributed by atoms with Crippen LogP contribution < -0.4 is 21.5 Å². The second-order valence-electron chi connectivity index (χ2n) is 6.35. The number of halogens is 1. The molecule has 0 aromatic heterocycles. The van der Waals surface area contributed by atoms with Gasteiger partial charge in [0.2, 0.25) is 11.8 Å². The highest BCUT2D eigenvalue weighted by Gasteiger charge is 2.24. The van der Waals surface area contributed by atoms with Crippen molar-refractivity contribution < 1.29 is 14.4 Å². The summed E-state index contributed by atoms with van der Waals surface area (Å²) in [5.41, 5.74) is 9.23. The molecule has 25 heavy (non-hydrogen) atoms. The number of hydrogen-bond donors (Lipinski definition) is 3. The molecule has 1 aliphatic heterocycles. The molecular weight excluding hydrogens is 344 g/mol. The van der Waals surface area contributed by atoms with Gasteiger partial charge in [0, 0.05) is 31.0 Å². The topological polar surface area (TPSA) is 105 Å². The lowest BCUT2D eigenvalue weighted by Gasteiger charge is -2.27. The first-order chi connectivity index (χ1) is 11.4. The zero-order valence-electron chi connectivity index (χ0n) is 14.5. The monoisotopic (exact) mass is 368 g/mol. The number of hydrogen-bond acceptors (Lipinski definition) is 4. The SMILES string of the molecule is CC(C)CC(CN)NC(=O)c1ccc(N2NC(=O)CCC2=O)cc1.Cl. The smallest absolute Gasteiger partial charge is 0.251 e. The highest BCUT2D eigenvalue weighted by molar-refractivity contribution is 6.01. The summed E-state index contributed by atoms with van der Waals surface area (Å²) in [4.78, 5) is 35.6. The average Bonchev–Trinajstić information content (AvgIpc) is 2.56. The standard InChI is InChI=1S/C17H24N4O3.ClH/c1-11(2)9-13(10-18)19-17(24)12-3-5-14(6-4-12)21-16(23)8-7-15(22)20-21;/h3-6,11,13H,7-10,18H2,1-2H3,(H,19,24)(H,20,22);1H. The lowest BCUT2D eigenvalue weighted by atomic mass is 10.0. The zero-order chi connectivity index (χ0) is 17.7. The summed E-state index contributed by atoms with van der Waals surface area (Å²) >= 11 is 0. The molecular formula is C17H25ClN4O3. The van der Waals surface area contributed by atoms with Crippen molar-refractivity contribution in [2.45, 2.75) is 39.2 Å². The van der Waals surface area contributed by atoms with E-state index >= 15 is 0 Å². The van der Waals surface area contributed by atoms with Gasteiger partial charge in [0.25, 0.3) is 5.91 Å². The van der Waals surface area contributed by atoms with Crippen LogP contribution in [0.25, 0.3) is 0 Å². The molecule has 1 atom stereocenters. The van der Waals surface area contributed by atoms with E-state index in [1.807, 2.05) is 0 Å². The van der Waals surface area contributed by atoms with Crippen LogP contribution in [0.2, 0.25) is 0 Å². The van der Waals surface area contributed by atoms with E-state index in [1.54, 1.807) is 24.3 Å². The Bertz CT molecular complexity index is 619. The van der Waals surface area contributed by atoms with E-state index in [0.29, 0.717) is 23.7 Å². The van der Waals surface area contributed by atoms with Gasteiger partial charge in [-0.05, 0) is 36.6 Å². The van der Waals surface area contributed by atoms with E-state index < -0.39 is 0 Å². The minimum absolute atomic E-state index is 0. The van der Waals surface area contributed by atoms with Crippen LogP contribution in [-0.4, -0.2) is 30.3 Å². The third-order valence-corrected chi connectivity index (χ3v) is 3.82. The van der Waals surface area contributed by atoms with Crippen LogP contribution in [0.1, 0.15) is 43.5 Å². The Morgan fingerprint density at radius 3 is 2.44 bits per heavy atom. The fourth-order valence-corrected chi connectivity index (χ4v) is 2.60. The Kier molecular flexibility index (Phi) is 7.86. The van der Waals surface area contributed by atoms with Crippen molar-refractivity contribution in [2.24, 2.45) is 11.7 Å². The van der Waals surface area contributed by atoms with Crippen LogP contribution >= 0.6 is 12.4 Å². The van der Waals surface area contributed by atoms with E-state index in [1.165, 1.54) is 5.01 Å². The summed E-state index contributed by atoms with van der Waals surface area (Å²) < 4.78 is 0. The van der Waals surface area contributed by atoms with E-state index in [9.17, 15) is 14.4 Å². The fourth-order valence-electron chi connectivity index (χ4n) is 2.60. The minimum atomic E-state index is -0.202. The molecule has 0 bridgehead atoms. The highest BCUT2D eigenvalue weighted by atomic mass is 35.5. The van der Waals surface area contributed by atoms with Crippen molar-refractivity contribution >= 4 is 35.8 Å². The first-order valence-electron chi connectivity index (χ1n) is 8.14. The average molecular weight is 369 g/mol. The molecule has 8 heteroatoms. The van der Waals surface area contributed by atoms with Gasteiger partial charge in [-0.1, -0.05) is 13.8 Å². The summed E-state index contributed by atoms with van der Waals surface area (Å²) in [6.45, 7) is 4.54. The van der Waals surface area contributed by atoms with Crippen LogP contribution in [0, 0.1) is 5.92 Å². The molecule has 1 saturated heterocycles. The Morgan fingerprint density at radius 2 is 1.88 bits per heavy atom. The van der Waals surface area contributed by atoms with Crippen LogP contribution in [0.5, 0.6) is 0 Å². The van der Waals surface area contributed by atoms with Gasteiger partial charge in [-0.15, -0.1) is 12.4 Å². The van der Waals surface area contributed by atoms with E-state index in [-0.39, 0.29) is 49.0 Å². The maximum Gasteiger partial charge on any atom is 0.251 e. The molecule has 1 unspecified atom stereocenters. The van der Waals surface area contributed by atoms with Crippen LogP contribution in [0.3, 0.4) is 0 Å². The van der Waals surface area contributed by atoms with Crippen LogP contribution in [0.15, 0.2) is 24.3 Å². The van der Waals surface area contributed by atoms with E-state index in [4.69, 9.17) is 5.73 Å². The Hall–Kier alpha value is -2.12. The Labute approximate surface area is 153 Å². The Balaban J connectivity index is 0.00000312. The summed E-state index contributed by atoms with van der Waals surface area (Å²) in [6.07, 6.45) is 1.20. The largest absolute Gasteiger partial charge is 0.348 e. The molecule has 3 amide bonds. The first kappa shape index (κ1) is 20.9. The molecule has 4 N–H and O–H groups in total. The molecule has 2 rings (SSSR count). The number of carbonyl (C=O) groups is 3. The lowest BCUT2D eigenvalue weighted by Crippen LogP contribution is -2.50. The van der Waals surface area contributed by atoms with Crippen LogP contribution in [0.4, 0.5) is 5.69 Å². The van der Waals surface area contributed by atoms with Crippen molar-refractivity contribution in [3.8, 4) is 0 Å². The number of hydrazine groups is 1. The third kappa shape index (κ3) is 5.72. The number of rotatable bonds is 6. The highest BCUT2D eigenvalue weighted by Crippen LogP contribution is 2.18. The van der Waals surface area contributed by atoms with Gasteiger partial charge in [0.05, 0.1) is 5.69 Å². The predicted octanol–water partition coefficient (Wildman–Crippen LogP) is 1.37. The first-order valence-corrected chi connectivity index (χ1v) is 8.14. The molecule has 0 aliphatic carbocycles. The number of nitrogens with one attached hydrogen (secondary N) is 2. The van der Waals surface area contributed by atoms with Gasteiger partial charge >= 0.3 is 0 Å². The predicted molar refractivity (Wildman–Crippen MR) is 98.3 cm³/mol. The molecule has 1 heterocycles. The second-order valence-corrected chi connectivity index (χ2v) is 6.35. The van der Waals surface area contributed by atoms with Gasteiger partial charge in [0.1, 0.15) is 0 Å². The molecule has 0 saturated carbocycles. The fraction of sp³-hybridized carbons (Fsp3) is 0.471. The summed E-state index contributed by atoms with van der Waals surface area (Å²) in [5.74, 6) is -0.135. The van der Waals surface area contributed by atoms with Crippen molar-refractivity contribution in [2.75, 3.05) is 11.6 Å². The summed E-state index contributed by atoms with van der Waals surface area (Å²) in [6, 6.07) is 6.46. The van der Waals surface area contributed by atoms with Crippen molar-refractivity contribution in [1.82, 2.24) is 10.7 Å². The van der Waals surface area contributed by atoms with Gasteiger partial charge in [-0.3, -0.25) is 19.8 Å². The number of nitrogens with two attached hydrogens (primary N) is 1. The Morgan fingerprint density at radius 1 is 1.24 bits per heavy atom. The van der Waals surface area contributed by atoms with Gasteiger partial charge in [-0.25, -0.2) is 5.01 Å². The lowest BCUT2D eigenvalue weighted by molar-refractivity contribution is -0.130. The van der Waals surface area contributed by atoms with E-state index in [2.05, 4.69) is 24.6 Å². The van der Waals surface area contributed by atoms with Crippen molar-refractivity contribution in [3.05, 3.63) is 29.8 Å². The molecule has 1 aromatic rings. The normalized spacial score (nSPS) is 15.4. The maximum atomic E-state index is 12.3. The molecule has 0 radical (unpaired) electrons. The molecule has 1 aromatic carbocycles. The number of nitrogens with zero attached hydrogens (tertiary/aromatic N) is 1. The number of amides is 3. The molecule has 7 nitrogen and oxygen atoms in total. The van der Waals surface area contributed by atoms with Gasteiger partial charge in [0.15, 0.2) is 0 Å². The number of benzene rings is 1. The van der Waals surface area contributed by atoms with E-state index in [0.717, 1.165) is 6.42 Å². The van der Waals surface area contributed by atoms with Gasteiger partial charge in [-0.2, -0.15) is 0 Å². The number of anilines is 1. The molecule has 0 spiro atoms. The maximum absolute atomic E-state index is 12.3. The zero-order valence-corrected chi connectivity index (χ0v) is 15.3. The summed E-state index contributed by atoms with van der Waals surface area (Å²) in [5, 5.41) is 4.13. The minimum Gasteiger partial charge on any atom is -0.348 e. The molecule has 1 fully saturated rings. The van der Waals surface area contributed by atoms with Crippen molar-refractivity contribution in [3.63, 3.8) is 0 Å². The number of carbonyl (C=O) groups excluding carboxylic acids is 3. The molecule has 1 aliphatic rings. The van der Waals surface area contributed by atoms with Crippen LogP contribution in [-0.2, 0) is 9.59 Å². The quantitative estimate of drug-likeness (QED) is 0.705. The summed E-state index contributed by atoms with van der Waals surface area (Å²) in [7, 11) is 0. The third-order valence-electron chi connectivity index (χ3n) is 3.82. The van der Waals surface area contributed by atoms with Crippen molar-refractivity contribution in [1.29, 1.82) is 0 Å². The molecule has 138 valence electrons.